The summed E-state index contributed by atoms with van der Waals surface area (Å²) in [5.41, 5.74) is 0.884. The first-order valence-corrected chi connectivity index (χ1v) is 5.96. The number of nitro benzene ring substituents is 1. The number of carbonyl (C=O) groups is 2. The Morgan fingerprint density at radius 1 is 1.15 bits per heavy atom. The molecule has 108 valence electrons. The van der Waals surface area contributed by atoms with Crippen molar-refractivity contribution >= 4 is 17.7 Å². The highest BCUT2D eigenvalue weighted by molar-refractivity contribution is 5.74. The molecule has 0 aliphatic rings. The van der Waals surface area contributed by atoms with Crippen molar-refractivity contribution in [3.05, 3.63) is 39.9 Å². The molecule has 0 unspecified atom stereocenters. The van der Waals surface area contributed by atoms with Crippen molar-refractivity contribution in [3.63, 3.8) is 0 Å². The van der Waals surface area contributed by atoms with Crippen LogP contribution >= 0.6 is 0 Å². The van der Waals surface area contributed by atoms with Crippen molar-refractivity contribution in [1.29, 1.82) is 0 Å². The maximum absolute atomic E-state index is 11.3. The minimum Gasteiger partial charge on any atom is -0.481 e. The highest BCUT2D eigenvalue weighted by Crippen LogP contribution is 2.11. The normalized spacial score (nSPS) is 9.80. The molecule has 0 spiro atoms. The van der Waals surface area contributed by atoms with Gasteiger partial charge >= 0.3 is 12.0 Å². The number of rotatable bonds is 7. The Morgan fingerprint density at radius 3 is 2.30 bits per heavy atom. The lowest BCUT2D eigenvalue weighted by molar-refractivity contribution is -0.384. The summed E-state index contributed by atoms with van der Waals surface area (Å²) in [7, 11) is 0. The third-order valence-corrected chi connectivity index (χ3v) is 2.47. The largest absolute Gasteiger partial charge is 0.481 e. The molecule has 3 N–H and O–H groups in total. The summed E-state index contributed by atoms with van der Waals surface area (Å²) in [5, 5.41) is 23.8. The van der Waals surface area contributed by atoms with Crippen LogP contribution in [-0.4, -0.2) is 35.1 Å². The molecule has 0 saturated heterocycles. The first kappa shape index (κ1) is 15.4. The smallest absolute Gasteiger partial charge is 0.314 e. The van der Waals surface area contributed by atoms with Crippen LogP contribution in [0.5, 0.6) is 0 Å². The Morgan fingerprint density at radius 2 is 1.75 bits per heavy atom. The van der Waals surface area contributed by atoms with E-state index in [9.17, 15) is 19.7 Å². The van der Waals surface area contributed by atoms with Gasteiger partial charge in [0.25, 0.3) is 5.69 Å². The van der Waals surface area contributed by atoms with Gasteiger partial charge in [0, 0.05) is 25.2 Å². The van der Waals surface area contributed by atoms with Gasteiger partial charge in [-0.05, 0) is 12.0 Å². The Hall–Kier alpha value is -2.64. The van der Waals surface area contributed by atoms with E-state index in [4.69, 9.17) is 5.11 Å². The molecule has 0 heterocycles. The number of carbonyl (C=O) groups excluding carboxylic acids is 1. The van der Waals surface area contributed by atoms with Gasteiger partial charge in [0.2, 0.25) is 0 Å². The van der Waals surface area contributed by atoms with Gasteiger partial charge < -0.3 is 15.7 Å². The minimum absolute atomic E-state index is 0.0214. The molecular weight excluding hydrogens is 266 g/mol. The molecular formula is C12H15N3O5. The van der Waals surface area contributed by atoms with Crippen LogP contribution in [0.3, 0.4) is 0 Å². The number of non-ortho nitro benzene ring substituents is 1. The number of hydrogen-bond donors (Lipinski definition) is 3. The molecule has 0 aliphatic carbocycles. The molecule has 0 radical (unpaired) electrons. The third-order valence-electron chi connectivity index (χ3n) is 2.47. The zero-order chi connectivity index (χ0) is 15.0. The van der Waals surface area contributed by atoms with Crippen molar-refractivity contribution < 1.29 is 19.6 Å². The average Bonchev–Trinajstić information content (AvgIpc) is 2.39. The second-order valence-corrected chi connectivity index (χ2v) is 4.00. The monoisotopic (exact) mass is 281 g/mol. The molecule has 0 aromatic heterocycles. The summed E-state index contributed by atoms with van der Waals surface area (Å²) >= 11 is 0. The number of carboxylic acids is 1. The molecule has 1 aromatic carbocycles. The molecule has 0 atom stereocenters. The zero-order valence-corrected chi connectivity index (χ0v) is 10.7. The van der Waals surface area contributed by atoms with Crippen LogP contribution < -0.4 is 10.6 Å². The quantitative estimate of drug-likeness (QED) is 0.506. The predicted octanol–water partition coefficient (Wildman–Crippen LogP) is 0.911. The second kappa shape index (κ2) is 7.72. The number of carboxylic acid groups (broad SMARTS) is 1. The predicted molar refractivity (Wildman–Crippen MR) is 70.5 cm³/mol. The lowest BCUT2D eigenvalue weighted by Gasteiger charge is -2.06. The standard InChI is InChI=1S/C12H15N3O5/c16-11(17)6-8-14-12(18)13-7-5-9-1-3-10(4-2-9)15(19)20/h1-4H,5-8H2,(H,16,17)(H2,13,14,18). The molecule has 20 heavy (non-hydrogen) atoms. The van der Waals surface area contributed by atoms with E-state index in [1.165, 1.54) is 12.1 Å². The summed E-state index contributed by atoms with van der Waals surface area (Å²) in [6.07, 6.45) is 0.403. The van der Waals surface area contributed by atoms with Crippen LogP contribution in [0.1, 0.15) is 12.0 Å². The van der Waals surface area contributed by atoms with Gasteiger partial charge in [-0.25, -0.2) is 4.79 Å². The summed E-state index contributed by atoms with van der Waals surface area (Å²) in [4.78, 5) is 31.5. The van der Waals surface area contributed by atoms with Crippen molar-refractivity contribution in [2.24, 2.45) is 0 Å². The third kappa shape index (κ3) is 5.80. The fraction of sp³-hybridized carbons (Fsp3) is 0.333. The molecule has 8 nitrogen and oxygen atoms in total. The van der Waals surface area contributed by atoms with Gasteiger partial charge in [0.1, 0.15) is 0 Å². The van der Waals surface area contributed by atoms with Gasteiger partial charge in [-0.3, -0.25) is 14.9 Å². The van der Waals surface area contributed by atoms with E-state index in [2.05, 4.69) is 10.6 Å². The lowest BCUT2D eigenvalue weighted by Crippen LogP contribution is -2.37. The highest BCUT2D eigenvalue weighted by atomic mass is 16.6. The van der Waals surface area contributed by atoms with E-state index in [1.54, 1.807) is 12.1 Å². The number of aliphatic carboxylic acids is 1. The summed E-state index contributed by atoms with van der Waals surface area (Å²) in [6, 6.07) is 5.63. The zero-order valence-electron chi connectivity index (χ0n) is 10.7. The summed E-state index contributed by atoms with van der Waals surface area (Å²) in [6.45, 7) is 0.426. The topological polar surface area (TPSA) is 122 Å². The fourth-order valence-corrected chi connectivity index (χ4v) is 1.45. The number of amides is 2. The molecule has 1 aromatic rings. The van der Waals surface area contributed by atoms with E-state index in [0.717, 1.165) is 5.56 Å². The van der Waals surface area contributed by atoms with Crippen molar-refractivity contribution in [3.8, 4) is 0 Å². The second-order valence-electron chi connectivity index (χ2n) is 4.00. The van der Waals surface area contributed by atoms with E-state index in [0.29, 0.717) is 13.0 Å². The maximum atomic E-state index is 11.3. The molecule has 2 amide bonds. The van der Waals surface area contributed by atoms with Gasteiger partial charge in [-0.1, -0.05) is 12.1 Å². The average molecular weight is 281 g/mol. The molecule has 0 bridgehead atoms. The number of nitrogens with zero attached hydrogens (tertiary/aromatic N) is 1. The molecule has 0 aliphatic heterocycles. The van der Waals surface area contributed by atoms with Crippen LogP contribution in [0.25, 0.3) is 0 Å². The highest BCUT2D eigenvalue weighted by Gasteiger charge is 2.05. The van der Waals surface area contributed by atoms with E-state index >= 15 is 0 Å². The van der Waals surface area contributed by atoms with Crippen molar-refractivity contribution in [1.82, 2.24) is 10.6 Å². The summed E-state index contributed by atoms with van der Waals surface area (Å²) in [5.74, 6) is -0.976. The van der Waals surface area contributed by atoms with Crippen LogP contribution in [0.4, 0.5) is 10.5 Å². The Balaban J connectivity index is 2.24. The van der Waals surface area contributed by atoms with Gasteiger partial charge in [0.15, 0.2) is 0 Å². The van der Waals surface area contributed by atoms with Crippen molar-refractivity contribution in [2.75, 3.05) is 13.1 Å². The van der Waals surface area contributed by atoms with E-state index < -0.39 is 16.9 Å². The number of urea groups is 1. The first-order chi connectivity index (χ1) is 9.49. The summed E-state index contributed by atoms with van der Waals surface area (Å²) < 4.78 is 0. The maximum Gasteiger partial charge on any atom is 0.314 e. The number of nitro groups is 1. The van der Waals surface area contributed by atoms with Gasteiger partial charge in [-0.2, -0.15) is 0 Å². The van der Waals surface area contributed by atoms with Gasteiger partial charge in [-0.15, -0.1) is 0 Å². The SMILES string of the molecule is O=C(O)CCNC(=O)NCCc1ccc([N+](=O)[O-])cc1. The van der Waals surface area contributed by atoms with E-state index in [1.807, 2.05) is 0 Å². The van der Waals surface area contributed by atoms with Crippen LogP contribution in [0.2, 0.25) is 0 Å². The molecule has 0 fully saturated rings. The number of nitrogens with one attached hydrogen (secondary N) is 2. The Labute approximate surface area is 114 Å². The Kier molecular flexibility index (Phi) is 5.95. The van der Waals surface area contributed by atoms with Crippen LogP contribution in [0.15, 0.2) is 24.3 Å². The fourth-order valence-electron chi connectivity index (χ4n) is 1.45. The Bertz CT molecular complexity index is 486. The minimum atomic E-state index is -0.976. The number of benzene rings is 1. The van der Waals surface area contributed by atoms with Crippen LogP contribution in [-0.2, 0) is 11.2 Å². The van der Waals surface area contributed by atoms with Crippen molar-refractivity contribution in [2.45, 2.75) is 12.8 Å². The molecule has 8 heteroatoms. The van der Waals surface area contributed by atoms with Gasteiger partial charge in [0.05, 0.1) is 11.3 Å². The molecule has 1 rings (SSSR count). The molecule has 0 saturated carbocycles. The number of hydrogen-bond acceptors (Lipinski definition) is 4. The van der Waals surface area contributed by atoms with Crippen LogP contribution in [0, 0.1) is 10.1 Å². The van der Waals surface area contributed by atoms with E-state index in [-0.39, 0.29) is 18.7 Å². The lowest BCUT2D eigenvalue weighted by atomic mass is 10.1. The first-order valence-electron chi connectivity index (χ1n) is 5.96.